The quantitative estimate of drug-likeness (QED) is 0.577. The summed E-state index contributed by atoms with van der Waals surface area (Å²) in [5.74, 6) is -1.49. The topological polar surface area (TPSA) is 91.2 Å². The van der Waals surface area contributed by atoms with Crippen LogP contribution in [0, 0.1) is 5.82 Å². The number of halogens is 1. The zero-order chi connectivity index (χ0) is 21.7. The number of anilines is 1. The van der Waals surface area contributed by atoms with Gasteiger partial charge in [0, 0.05) is 25.3 Å². The Morgan fingerprint density at radius 1 is 0.900 bits per heavy atom. The van der Waals surface area contributed by atoms with E-state index in [-0.39, 0.29) is 5.56 Å². The Balaban J connectivity index is 1.74. The minimum absolute atomic E-state index is 0.0182. The van der Waals surface area contributed by atoms with Crippen LogP contribution >= 0.6 is 0 Å². The molecule has 0 spiro atoms. The molecule has 30 heavy (non-hydrogen) atoms. The molecule has 3 aromatic rings. The lowest BCUT2D eigenvalue weighted by molar-refractivity contribution is 0.102. The predicted molar refractivity (Wildman–Crippen MR) is 112 cm³/mol. The van der Waals surface area contributed by atoms with E-state index in [0.717, 1.165) is 22.1 Å². The fraction of sp³-hybridized carbons (Fsp3) is 0.0952. The van der Waals surface area contributed by atoms with Gasteiger partial charge in [-0.3, -0.25) is 4.79 Å². The van der Waals surface area contributed by atoms with Gasteiger partial charge in [-0.25, -0.2) is 17.1 Å². The molecule has 0 atom stereocenters. The van der Waals surface area contributed by atoms with Crippen LogP contribution in [0.15, 0.2) is 87.9 Å². The molecule has 0 heterocycles. The number of carbonyl (C=O) groups is 1. The lowest BCUT2D eigenvalue weighted by Gasteiger charge is -2.13. The largest absolute Gasteiger partial charge is 0.322 e. The summed E-state index contributed by atoms with van der Waals surface area (Å²) in [4.78, 5) is 11.9. The maximum atomic E-state index is 14.0. The standard InChI is InChI=1S/C21H19FN4O3S/c1-26(2)30(28,29)20-14-15(8-13-19(20)22)21(27)23-16-9-11-18(12-10-16)25-24-17-6-4-3-5-7-17/h3-14H,1-2H3,(H,23,27). The Hall–Kier alpha value is -3.43. The summed E-state index contributed by atoms with van der Waals surface area (Å²) in [5.41, 5.74) is 1.80. The molecule has 0 unspecified atom stereocenters. The average Bonchev–Trinajstić information content (AvgIpc) is 2.74. The van der Waals surface area contributed by atoms with Crippen LogP contribution in [0.25, 0.3) is 0 Å². The van der Waals surface area contributed by atoms with Crippen molar-refractivity contribution in [2.75, 3.05) is 19.4 Å². The molecule has 0 aromatic heterocycles. The van der Waals surface area contributed by atoms with Crippen molar-refractivity contribution in [1.29, 1.82) is 0 Å². The van der Waals surface area contributed by atoms with Gasteiger partial charge in [-0.05, 0) is 54.6 Å². The molecular weight excluding hydrogens is 407 g/mol. The number of nitrogens with one attached hydrogen (secondary N) is 1. The van der Waals surface area contributed by atoms with Crippen LogP contribution in [-0.4, -0.2) is 32.7 Å². The molecular formula is C21H19FN4O3S. The predicted octanol–water partition coefficient (Wildman–Crippen LogP) is 4.74. The summed E-state index contributed by atoms with van der Waals surface area (Å²) < 4.78 is 39.3. The Labute approximate surface area is 173 Å². The Kier molecular flexibility index (Phi) is 6.34. The van der Waals surface area contributed by atoms with E-state index in [1.54, 1.807) is 24.3 Å². The smallest absolute Gasteiger partial charge is 0.255 e. The Morgan fingerprint density at radius 2 is 1.50 bits per heavy atom. The molecule has 0 radical (unpaired) electrons. The zero-order valence-electron chi connectivity index (χ0n) is 16.3. The maximum Gasteiger partial charge on any atom is 0.255 e. The van der Waals surface area contributed by atoms with Gasteiger partial charge in [-0.15, -0.1) is 0 Å². The van der Waals surface area contributed by atoms with E-state index >= 15 is 0 Å². The van der Waals surface area contributed by atoms with Crippen LogP contribution in [0.4, 0.5) is 21.5 Å². The summed E-state index contributed by atoms with van der Waals surface area (Å²) in [6.45, 7) is 0. The van der Waals surface area contributed by atoms with Crippen LogP contribution in [0.2, 0.25) is 0 Å². The van der Waals surface area contributed by atoms with Crippen LogP contribution < -0.4 is 5.32 Å². The van der Waals surface area contributed by atoms with Crippen molar-refractivity contribution in [2.45, 2.75) is 4.90 Å². The Morgan fingerprint density at radius 3 is 2.10 bits per heavy atom. The van der Waals surface area contributed by atoms with Gasteiger partial charge in [0.25, 0.3) is 5.91 Å². The minimum atomic E-state index is -4.02. The third-order valence-corrected chi connectivity index (χ3v) is 5.94. The molecule has 1 amide bonds. The first-order chi connectivity index (χ1) is 14.3. The molecule has 1 N–H and O–H groups in total. The Bertz CT molecular complexity index is 1180. The van der Waals surface area contributed by atoms with Crippen LogP contribution in [-0.2, 0) is 10.0 Å². The van der Waals surface area contributed by atoms with Gasteiger partial charge in [-0.2, -0.15) is 10.2 Å². The van der Waals surface area contributed by atoms with Gasteiger partial charge >= 0.3 is 0 Å². The summed E-state index contributed by atoms with van der Waals surface area (Å²) in [6, 6.07) is 19.1. The van der Waals surface area contributed by atoms with E-state index in [0.29, 0.717) is 11.4 Å². The van der Waals surface area contributed by atoms with Crippen molar-refractivity contribution in [2.24, 2.45) is 10.2 Å². The van der Waals surface area contributed by atoms with E-state index in [9.17, 15) is 17.6 Å². The van der Waals surface area contributed by atoms with E-state index < -0.39 is 26.6 Å². The number of amides is 1. The molecule has 3 rings (SSSR count). The fourth-order valence-electron chi connectivity index (χ4n) is 2.46. The molecule has 0 aliphatic heterocycles. The highest BCUT2D eigenvalue weighted by Gasteiger charge is 2.23. The second-order valence-corrected chi connectivity index (χ2v) is 8.59. The number of hydrogen-bond acceptors (Lipinski definition) is 5. The lowest BCUT2D eigenvalue weighted by Crippen LogP contribution is -2.24. The summed E-state index contributed by atoms with van der Waals surface area (Å²) in [7, 11) is -1.44. The van der Waals surface area contributed by atoms with Gasteiger partial charge in [0.15, 0.2) is 0 Å². The van der Waals surface area contributed by atoms with Crippen LogP contribution in [0.1, 0.15) is 10.4 Å². The van der Waals surface area contributed by atoms with E-state index in [1.165, 1.54) is 20.2 Å². The summed E-state index contributed by atoms with van der Waals surface area (Å²) in [5, 5.41) is 10.9. The molecule has 0 saturated carbocycles. The number of rotatable bonds is 6. The first-order valence-electron chi connectivity index (χ1n) is 8.87. The van der Waals surface area contributed by atoms with Gasteiger partial charge in [-0.1, -0.05) is 18.2 Å². The lowest BCUT2D eigenvalue weighted by atomic mass is 10.2. The van der Waals surface area contributed by atoms with Crippen molar-refractivity contribution in [3.63, 3.8) is 0 Å². The summed E-state index contributed by atoms with van der Waals surface area (Å²) in [6.07, 6.45) is 0. The molecule has 3 aromatic carbocycles. The van der Waals surface area contributed by atoms with E-state index in [1.807, 2.05) is 30.3 Å². The van der Waals surface area contributed by atoms with Crippen molar-refractivity contribution in [3.05, 3.63) is 84.2 Å². The van der Waals surface area contributed by atoms with Crippen molar-refractivity contribution in [3.8, 4) is 0 Å². The van der Waals surface area contributed by atoms with Gasteiger partial charge in [0.2, 0.25) is 10.0 Å². The first kappa shape index (κ1) is 21.3. The second kappa shape index (κ2) is 8.93. The average molecular weight is 426 g/mol. The van der Waals surface area contributed by atoms with Gasteiger partial charge in [0.05, 0.1) is 11.4 Å². The number of nitrogens with zero attached hydrogens (tertiary/aromatic N) is 3. The third kappa shape index (κ3) is 4.94. The summed E-state index contributed by atoms with van der Waals surface area (Å²) >= 11 is 0. The zero-order valence-corrected chi connectivity index (χ0v) is 17.1. The molecule has 9 heteroatoms. The highest BCUT2D eigenvalue weighted by molar-refractivity contribution is 7.89. The van der Waals surface area contributed by atoms with Gasteiger partial charge < -0.3 is 5.32 Å². The fourth-order valence-corrected chi connectivity index (χ4v) is 3.45. The molecule has 0 aliphatic rings. The minimum Gasteiger partial charge on any atom is -0.322 e. The molecule has 0 fully saturated rings. The normalized spacial score (nSPS) is 11.7. The van der Waals surface area contributed by atoms with Crippen molar-refractivity contribution >= 4 is 33.0 Å². The maximum absolute atomic E-state index is 14.0. The molecule has 0 aliphatic carbocycles. The van der Waals surface area contributed by atoms with Crippen molar-refractivity contribution in [1.82, 2.24) is 4.31 Å². The van der Waals surface area contributed by atoms with E-state index in [2.05, 4.69) is 15.5 Å². The molecule has 154 valence electrons. The number of sulfonamides is 1. The van der Waals surface area contributed by atoms with E-state index in [4.69, 9.17) is 0 Å². The molecule has 0 bridgehead atoms. The van der Waals surface area contributed by atoms with Crippen LogP contribution in [0.3, 0.4) is 0 Å². The SMILES string of the molecule is CN(C)S(=O)(=O)c1cc(C(=O)Nc2ccc(N=Nc3ccccc3)cc2)ccc1F. The molecule has 0 saturated heterocycles. The second-order valence-electron chi connectivity index (χ2n) is 6.47. The van der Waals surface area contributed by atoms with Crippen molar-refractivity contribution < 1.29 is 17.6 Å². The highest BCUT2D eigenvalue weighted by Crippen LogP contribution is 2.22. The number of benzene rings is 3. The number of hydrogen-bond donors (Lipinski definition) is 1. The monoisotopic (exact) mass is 426 g/mol. The highest BCUT2D eigenvalue weighted by atomic mass is 32.2. The number of azo groups is 1. The molecule has 7 nitrogen and oxygen atoms in total. The number of carbonyl (C=O) groups excluding carboxylic acids is 1. The van der Waals surface area contributed by atoms with Crippen LogP contribution in [0.5, 0.6) is 0 Å². The third-order valence-electron chi connectivity index (χ3n) is 4.11. The van der Waals surface area contributed by atoms with Gasteiger partial charge in [0.1, 0.15) is 10.7 Å². The first-order valence-corrected chi connectivity index (χ1v) is 10.3.